The molecule has 0 aliphatic carbocycles. The van der Waals surface area contributed by atoms with Crippen LogP contribution in [-0.2, 0) is 13.0 Å². The van der Waals surface area contributed by atoms with E-state index < -0.39 is 0 Å². The van der Waals surface area contributed by atoms with Crippen LogP contribution in [0.5, 0.6) is 0 Å². The average Bonchev–Trinajstić information content (AvgIpc) is 2.78. The number of rotatable bonds is 5. The third-order valence-corrected chi connectivity index (χ3v) is 3.42. The SMILES string of the molecule is CCn1ncc(Br)c1C(=O)CCc1ccccc1. The van der Waals surface area contributed by atoms with Gasteiger partial charge in [0.2, 0.25) is 0 Å². The molecule has 0 atom stereocenters. The van der Waals surface area contributed by atoms with Crippen molar-refractivity contribution in [2.45, 2.75) is 26.3 Å². The number of aromatic nitrogens is 2. The number of hydrogen-bond acceptors (Lipinski definition) is 2. The Morgan fingerprint density at radius 1 is 1.33 bits per heavy atom. The van der Waals surface area contributed by atoms with E-state index in [1.807, 2.05) is 37.3 Å². The highest BCUT2D eigenvalue weighted by molar-refractivity contribution is 9.10. The first-order chi connectivity index (χ1) is 8.72. The minimum Gasteiger partial charge on any atom is -0.292 e. The highest BCUT2D eigenvalue weighted by Gasteiger charge is 2.15. The lowest BCUT2D eigenvalue weighted by atomic mass is 10.1. The molecule has 0 fully saturated rings. The summed E-state index contributed by atoms with van der Waals surface area (Å²) in [5, 5.41) is 4.16. The molecular weight excluding hydrogens is 292 g/mol. The second-order valence-corrected chi connectivity index (χ2v) is 4.92. The maximum atomic E-state index is 12.2. The van der Waals surface area contributed by atoms with E-state index in [1.54, 1.807) is 10.9 Å². The Hall–Kier alpha value is -1.42. The van der Waals surface area contributed by atoms with Crippen LogP contribution in [0.25, 0.3) is 0 Å². The fourth-order valence-electron chi connectivity index (χ4n) is 1.90. The lowest BCUT2D eigenvalue weighted by Gasteiger charge is -2.05. The Morgan fingerprint density at radius 3 is 2.72 bits per heavy atom. The monoisotopic (exact) mass is 306 g/mol. The van der Waals surface area contributed by atoms with E-state index in [-0.39, 0.29) is 5.78 Å². The van der Waals surface area contributed by atoms with Gasteiger partial charge in [0.15, 0.2) is 5.78 Å². The van der Waals surface area contributed by atoms with Crippen molar-refractivity contribution in [3.63, 3.8) is 0 Å². The van der Waals surface area contributed by atoms with Gasteiger partial charge in [0.25, 0.3) is 0 Å². The first kappa shape index (κ1) is 13.0. The molecule has 94 valence electrons. The van der Waals surface area contributed by atoms with Crippen molar-refractivity contribution in [2.24, 2.45) is 0 Å². The van der Waals surface area contributed by atoms with Crippen molar-refractivity contribution in [3.8, 4) is 0 Å². The third-order valence-electron chi connectivity index (χ3n) is 2.84. The molecule has 0 radical (unpaired) electrons. The molecule has 3 nitrogen and oxygen atoms in total. The summed E-state index contributed by atoms with van der Waals surface area (Å²) < 4.78 is 2.51. The summed E-state index contributed by atoms with van der Waals surface area (Å²) in [4.78, 5) is 12.2. The first-order valence-corrected chi connectivity index (χ1v) is 6.80. The summed E-state index contributed by atoms with van der Waals surface area (Å²) in [7, 11) is 0. The zero-order valence-corrected chi connectivity index (χ0v) is 11.9. The second kappa shape index (κ2) is 5.96. The van der Waals surface area contributed by atoms with Gasteiger partial charge >= 0.3 is 0 Å². The first-order valence-electron chi connectivity index (χ1n) is 6.00. The van der Waals surface area contributed by atoms with Crippen LogP contribution in [-0.4, -0.2) is 15.6 Å². The molecule has 0 unspecified atom stereocenters. The molecule has 1 aromatic carbocycles. The number of carbonyl (C=O) groups excluding carboxylic acids is 1. The Kier molecular flexibility index (Phi) is 4.31. The van der Waals surface area contributed by atoms with Gasteiger partial charge < -0.3 is 0 Å². The molecule has 1 aromatic heterocycles. The molecule has 0 bridgehead atoms. The number of Topliss-reactive ketones (excluding diaryl/α,β-unsaturated/α-hetero) is 1. The number of ketones is 1. The molecule has 0 amide bonds. The Bertz CT molecular complexity index is 534. The van der Waals surface area contributed by atoms with Crippen LogP contribution in [0, 0.1) is 0 Å². The van der Waals surface area contributed by atoms with Crippen molar-refractivity contribution < 1.29 is 4.79 Å². The predicted molar refractivity (Wildman–Crippen MR) is 74.7 cm³/mol. The zero-order valence-electron chi connectivity index (χ0n) is 10.3. The Morgan fingerprint density at radius 2 is 2.06 bits per heavy atom. The largest absolute Gasteiger partial charge is 0.292 e. The molecule has 0 spiro atoms. The second-order valence-electron chi connectivity index (χ2n) is 4.07. The fourth-order valence-corrected chi connectivity index (χ4v) is 2.42. The van der Waals surface area contributed by atoms with Crippen molar-refractivity contribution in [3.05, 3.63) is 52.3 Å². The van der Waals surface area contributed by atoms with Gasteiger partial charge in [-0.1, -0.05) is 30.3 Å². The van der Waals surface area contributed by atoms with Crippen LogP contribution in [0.15, 0.2) is 41.0 Å². The van der Waals surface area contributed by atoms with Crippen molar-refractivity contribution in [2.75, 3.05) is 0 Å². The van der Waals surface area contributed by atoms with Crippen LogP contribution in [0.4, 0.5) is 0 Å². The van der Waals surface area contributed by atoms with Crippen LogP contribution >= 0.6 is 15.9 Å². The average molecular weight is 307 g/mol. The van der Waals surface area contributed by atoms with Gasteiger partial charge in [-0.3, -0.25) is 9.48 Å². The van der Waals surface area contributed by atoms with Gasteiger partial charge in [0, 0.05) is 13.0 Å². The summed E-state index contributed by atoms with van der Waals surface area (Å²) >= 11 is 3.38. The Labute approximate surface area is 115 Å². The van der Waals surface area contributed by atoms with Gasteiger partial charge in [0.05, 0.1) is 10.7 Å². The van der Waals surface area contributed by atoms with E-state index in [2.05, 4.69) is 21.0 Å². The highest BCUT2D eigenvalue weighted by atomic mass is 79.9. The van der Waals surface area contributed by atoms with Crippen LogP contribution in [0.3, 0.4) is 0 Å². The smallest absolute Gasteiger partial charge is 0.182 e. The molecule has 2 aromatic rings. The maximum absolute atomic E-state index is 12.2. The molecule has 0 N–H and O–H groups in total. The Balaban J connectivity index is 2.06. The van der Waals surface area contributed by atoms with Crippen molar-refractivity contribution >= 4 is 21.7 Å². The van der Waals surface area contributed by atoms with Gasteiger partial charge in [0.1, 0.15) is 5.69 Å². The molecule has 18 heavy (non-hydrogen) atoms. The topological polar surface area (TPSA) is 34.9 Å². The number of hydrogen-bond donors (Lipinski definition) is 0. The molecule has 0 saturated heterocycles. The zero-order chi connectivity index (χ0) is 13.0. The van der Waals surface area contributed by atoms with Crippen molar-refractivity contribution in [1.82, 2.24) is 9.78 Å². The van der Waals surface area contributed by atoms with Crippen LogP contribution in [0.2, 0.25) is 0 Å². The quantitative estimate of drug-likeness (QED) is 0.793. The fraction of sp³-hybridized carbons (Fsp3) is 0.286. The van der Waals surface area contributed by atoms with Gasteiger partial charge in [-0.2, -0.15) is 5.10 Å². The maximum Gasteiger partial charge on any atom is 0.182 e. The summed E-state index contributed by atoms with van der Waals surface area (Å²) in [6.07, 6.45) is 2.95. The number of aryl methyl sites for hydroxylation is 2. The number of halogens is 1. The molecule has 4 heteroatoms. The van der Waals surface area contributed by atoms with E-state index in [0.717, 1.165) is 10.9 Å². The minimum absolute atomic E-state index is 0.130. The number of carbonyl (C=O) groups is 1. The summed E-state index contributed by atoms with van der Waals surface area (Å²) in [6.45, 7) is 2.69. The highest BCUT2D eigenvalue weighted by Crippen LogP contribution is 2.18. The van der Waals surface area contributed by atoms with E-state index in [1.165, 1.54) is 5.56 Å². The van der Waals surface area contributed by atoms with E-state index >= 15 is 0 Å². The van der Waals surface area contributed by atoms with Crippen LogP contribution < -0.4 is 0 Å². The lowest BCUT2D eigenvalue weighted by Crippen LogP contribution is -2.10. The predicted octanol–water partition coefficient (Wildman–Crippen LogP) is 3.48. The number of benzene rings is 1. The summed E-state index contributed by atoms with van der Waals surface area (Å²) in [6, 6.07) is 10.0. The normalized spacial score (nSPS) is 10.6. The summed E-state index contributed by atoms with van der Waals surface area (Å²) in [5.74, 6) is 0.130. The standard InChI is InChI=1S/C14H15BrN2O/c1-2-17-14(12(15)10-16-17)13(18)9-8-11-6-4-3-5-7-11/h3-7,10H,2,8-9H2,1H3. The number of nitrogens with zero attached hydrogens (tertiary/aromatic N) is 2. The summed E-state index contributed by atoms with van der Waals surface area (Å²) in [5.41, 5.74) is 1.86. The minimum atomic E-state index is 0.130. The van der Waals surface area contributed by atoms with E-state index in [4.69, 9.17) is 0 Å². The molecule has 1 heterocycles. The van der Waals surface area contributed by atoms with E-state index in [0.29, 0.717) is 18.7 Å². The van der Waals surface area contributed by atoms with E-state index in [9.17, 15) is 4.79 Å². The van der Waals surface area contributed by atoms with Gasteiger partial charge in [-0.05, 0) is 34.8 Å². The molecule has 0 saturated carbocycles. The van der Waals surface area contributed by atoms with Gasteiger partial charge in [-0.15, -0.1) is 0 Å². The molecule has 0 aliphatic rings. The molecule has 0 aliphatic heterocycles. The molecular formula is C14H15BrN2O. The molecule has 2 rings (SSSR count). The van der Waals surface area contributed by atoms with Gasteiger partial charge in [-0.25, -0.2) is 0 Å². The third kappa shape index (κ3) is 2.88. The lowest BCUT2D eigenvalue weighted by molar-refractivity contribution is 0.0971. The van der Waals surface area contributed by atoms with Crippen molar-refractivity contribution in [1.29, 1.82) is 0 Å². The van der Waals surface area contributed by atoms with Crippen LogP contribution in [0.1, 0.15) is 29.4 Å².